The van der Waals surface area contributed by atoms with Crippen LogP contribution >= 0.6 is 0 Å². The van der Waals surface area contributed by atoms with Gasteiger partial charge in [-0.3, -0.25) is 0 Å². The van der Waals surface area contributed by atoms with E-state index in [9.17, 15) is 0 Å². The molecule has 0 saturated heterocycles. The van der Waals surface area contributed by atoms with Gasteiger partial charge in [-0.1, -0.05) is 26.0 Å². The monoisotopic (exact) mass is 142 g/mol. The van der Waals surface area contributed by atoms with E-state index in [1.165, 1.54) is 0 Å². The molecule has 0 aliphatic rings. The molecule has 0 rings (SSSR count). The Kier molecular flexibility index (Phi) is 6.61. The molecule has 0 amide bonds. The molecular formula is C9H18O. The van der Waals surface area contributed by atoms with Gasteiger partial charge in [0.15, 0.2) is 0 Å². The van der Waals surface area contributed by atoms with Crippen molar-refractivity contribution in [1.29, 1.82) is 0 Å². The predicted octanol–water partition coefficient (Wildman–Crippen LogP) is 2.36. The summed E-state index contributed by atoms with van der Waals surface area (Å²) in [5.74, 6) is 0.632. The normalized spacial score (nSPS) is 14.3. The molecular weight excluding hydrogens is 124 g/mol. The molecule has 0 spiro atoms. The molecule has 1 unspecified atom stereocenters. The second-order valence-electron chi connectivity index (χ2n) is 2.68. The van der Waals surface area contributed by atoms with E-state index >= 15 is 0 Å². The summed E-state index contributed by atoms with van der Waals surface area (Å²) in [7, 11) is 0. The average Bonchev–Trinajstić information content (AvgIpc) is 1.97. The number of hydrogen-bond donors (Lipinski definition) is 1. The Balaban J connectivity index is 3.24. The molecule has 0 bridgehead atoms. The van der Waals surface area contributed by atoms with Crippen LogP contribution in [0.1, 0.15) is 33.1 Å². The van der Waals surface area contributed by atoms with Crippen molar-refractivity contribution in [1.82, 2.24) is 0 Å². The maximum atomic E-state index is 8.52. The highest BCUT2D eigenvalue weighted by Crippen LogP contribution is 2.06. The van der Waals surface area contributed by atoms with E-state index < -0.39 is 0 Å². The van der Waals surface area contributed by atoms with Crippen molar-refractivity contribution >= 4 is 0 Å². The molecule has 60 valence electrons. The fraction of sp³-hybridized carbons (Fsp3) is 0.778. The molecule has 1 N–H and O–H groups in total. The van der Waals surface area contributed by atoms with Gasteiger partial charge >= 0.3 is 0 Å². The quantitative estimate of drug-likeness (QED) is 0.584. The molecule has 10 heavy (non-hydrogen) atoms. The molecule has 0 aromatic carbocycles. The Bertz CT molecular complexity index is 86.7. The first-order valence-corrected chi connectivity index (χ1v) is 4.08. The first kappa shape index (κ1) is 9.70. The number of hydrogen-bond acceptors (Lipinski definition) is 1. The van der Waals surface area contributed by atoms with Crippen LogP contribution < -0.4 is 0 Å². The highest BCUT2D eigenvalue weighted by Gasteiger charge is 1.93. The summed E-state index contributed by atoms with van der Waals surface area (Å²) in [6, 6.07) is 0. The molecule has 0 heterocycles. The van der Waals surface area contributed by atoms with Crippen molar-refractivity contribution in [2.75, 3.05) is 6.61 Å². The van der Waals surface area contributed by atoms with Crippen molar-refractivity contribution in [3.05, 3.63) is 12.2 Å². The van der Waals surface area contributed by atoms with Gasteiger partial charge in [0, 0.05) is 6.61 Å². The van der Waals surface area contributed by atoms with Crippen molar-refractivity contribution in [2.24, 2.45) is 5.92 Å². The second kappa shape index (κ2) is 6.81. The zero-order chi connectivity index (χ0) is 7.82. The highest BCUT2D eigenvalue weighted by molar-refractivity contribution is 4.84. The van der Waals surface area contributed by atoms with Crippen LogP contribution in [0.3, 0.4) is 0 Å². The van der Waals surface area contributed by atoms with Crippen molar-refractivity contribution in [2.45, 2.75) is 33.1 Å². The van der Waals surface area contributed by atoms with Crippen LogP contribution in [0.5, 0.6) is 0 Å². The topological polar surface area (TPSA) is 20.2 Å². The fourth-order valence-corrected chi connectivity index (χ4v) is 0.878. The number of allylic oxidation sites excluding steroid dienone is 2. The van der Waals surface area contributed by atoms with Crippen LogP contribution in [0.15, 0.2) is 12.2 Å². The van der Waals surface area contributed by atoms with E-state index in [1.54, 1.807) is 0 Å². The minimum absolute atomic E-state index is 0.324. The third kappa shape index (κ3) is 5.83. The zero-order valence-electron chi connectivity index (χ0n) is 7.01. The third-order valence-electron chi connectivity index (χ3n) is 1.52. The van der Waals surface area contributed by atoms with Crippen LogP contribution in [0.4, 0.5) is 0 Å². The van der Waals surface area contributed by atoms with Crippen LogP contribution in [0.2, 0.25) is 0 Å². The van der Waals surface area contributed by atoms with Gasteiger partial charge in [-0.15, -0.1) is 0 Å². The van der Waals surface area contributed by atoms with Gasteiger partial charge in [0.2, 0.25) is 0 Å². The Hall–Kier alpha value is -0.300. The first-order chi connectivity index (χ1) is 4.81. The number of rotatable bonds is 5. The highest BCUT2D eigenvalue weighted by atomic mass is 16.2. The van der Waals surface area contributed by atoms with Gasteiger partial charge in [-0.25, -0.2) is 0 Å². The van der Waals surface area contributed by atoms with E-state index in [4.69, 9.17) is 5.11 Å². The SMILES string of the molecule is CCC=CC(C)CCCO. The minimum Gasteiger partial charge on any atom is -0.396 e. The number of aliphatic hydroxyl groups excluding tert-OH is 1. The van der Waals surface area contributed by atoms with E-state index in [1.807, 2.05) is 0 Å². The number of aliphatic hydroxyl groups is 1. The lowest BCUT2D eigenvalue weighted by atomic mass is 10.1. The summed E-state index contributed by atoms with van der Waals surface area (Å²) < 4.78 is 0. The van der Waals surface area contributed by atoms with Gasteiger partial charge in [0.1, 0.15) is 0 Å². The lowest BCUT2D eigenvalue weighted by Crippen LogP contribution is -1.91. The molecule has 1 heteroatoms. The summed E-state index contributed by atoms with van der Waals surface area (Å²) >= 11 is 0. The molecule has 0 aliphatic carbocycles. The molecule has 1 atom stereocenters. The Morgan fingerprint density at radius 2 is 2.20 bits per heavy atom. The maximum absolute atomic E-state index is 8.52. The molecule has 0 aliphatic heterocycles. The van der Waals surface area contributed by atoms with Crippen molar-refractivity contribution in [3.63, 3.8) is 0 Å². The van der Waals surface area contributed by atoms with Gasteiger partial charge < -0.3 is 5.11 Å². The van der Waals surface area contributed by atoms with Gasteiger partial charge in [-0.05, 0) is 25.2 Å². The first-order valence-electron chi connectivity index (χ1n) is 4.08. The van der Waals surface area contributed by atoms with Crippen LogP contribution in [-0.4, -0.2) is 11.7 Å². The second-order valence-corrected chi connectivity index (χ2v) is 2.68. The molecule has 0 fully saturated rings. The third-order valence-corrected chi connectivity index (χ3v) is 1.52. The maximum Gasteiger partial charge on any atom is 0.0431 e. The van der Waals surface area contributed by atoms with Crippen LogP contribution in [0, 0.1) is 5.92 Å². The fourth-order valence-electron chi connectivity index (χ4n) is 0.878. The van der Waals surface area contributed by atoms with Crippen molar-refractivity contribution in [3.8, 4) is 0 Å². The summed E-state index contributed by atoms with van der Waals surface area (Å²) in [6.07, 6.45) is 7.55. The summed E-state index contributed by atoms with van der Waals surface area (Å²) in [5.41, 5.74) is 0. The molecule has 0 aromatic rings. The predicted molar refractivity (Wildman–Crippen MR) is 44.9 cm³/mol. The lowest BCUT2D eigenvalue weighted by molar-refractivity contribution is 0.279. The van der Waals surface area contributed by atoms with E-state index in [2.05, 4.69) is 26.0 Å². The van der Waals surface area contributed by atoms with Gasteiger partial charge in [0.05, 0.1) is 0 Å². The van der Waals surface area contributed by atoms with E-state index in [0.717, 1.165) is 19.3 Å². The smallest absolute Gasteiger partial charge is 0.0431 e. The molecule has 0 saturated carbocycles. The zero-order valence-corrected chi connectivity index (χ0v) is 7.01. The molecule has 1 nitrogen and oxygen atoms in total. The Morgan fingerprint density at radius 3 is 2.70 bits per heavy atom. The molecule has 0 radical (unpaired) electrons. The van der Waals surface area contributed by atoms with E-state index in [-0.39, 0.29) is 0 Å². The largest absolute Gasteiger partial charge is 0.396 e. The van der Waals surface area contributed by atoms with Crippen LogP contribution in [-0.2, 0) is 0 Å². The Labute approximate surface area is 63.8 Å². The van der Waals surface area contributed by atoms with E-state index in [0.29, 0.717) is 12.5 Å². The summed E-state index contributed by atoms with van der Waals surface area (Å²) in [4.78, 5) is 0. The van der Waals surface area contributed by atoms with Crippen molar-refractivity contribution < 1.29 is 5.11 Å². The molecule has 0 aromatic heterocycles. The average molecular weight is 142 g/mol. The van der Waals surface area contributed by atoms with Gasteiger partial charge in [-0.2, -0.15) is 0 Å². The standard InChI is InChI=1S/C9H18O/c1-3-4-6-9(2)7-5-8-10/h4,6,9-10H,3,5,7-8H2,1-2H3. The lowest BCUT2D eigenvalue weighted by Gasteiger charge is -2.02. The van der Waals surface area contributed by atoms with Gasteiger partial charge in [0.25, 0.3) is 0 Å². The summed E-state index contributed by atoms with van der Waals surface area (Å²) in [6.45, 7) is 4.64. The summed E-state index contributed by atoms with van der Waals surface area (Å²) in [5, 5.41) is 8.52. The Morgan fingerprint density at radius 1 is 1.50 bits per heavy atom. The minimum atomic E-state index is 0.324. The van der Waals surface area contributed by atoms with Crippen LogP contribution in [0.25, 0.3) is 0 Å².